The van der Waals surface area contributed by atoms with Crippen molar-refractivity contribution in [3.8, 4) is 11.5 Å². The van der Waals surface area contributed by atoms with Gasteiger partial charge in [0.2, 0.25) is 0 Å². The molecule has 1 atom stereocenters. The quantitative estimate of drug-likeness (QED) is 0.753. The zero-order valence-corrected chi connectivity index (χ0v) is 16.7. The van der Waals surface area contributed by atoms with Crippen LogP contribution in [0.3, 0.4) is 0 Å². The molecule has 1 fully saturated rings. The number of carbonyl (C=O) groups is 1. The van der Waals surface area contributed by atoms with Crippen LogP contribution >= 0.6 is 0 Å². The third kappa shape index (κ3) is 4.62. The minimum atomic E-state index is 0.0576. The molecule has 1 aliphatic rings. The van der Waals surface area contributed by atoms with Crippen molar-refractivity contribution in [1.29, 1.82) is 0 Å². The zero-order chi connectivity index (χ0) is 19.4. The molecule has 0 radical (unpaired) electrons. The Bertz CT molecular complexity index is 783. The Hall–Kier alpha value is -2.49. The van der Waals surface area contributed by atoms with Gasteiger partial charge < -0.3 is 14.4 Å². The van der Waals surface area contributed by atoms with Crippen LogP contribution in [-0.4, -0.2) is 37.6 Å². The number of ether oxygens (including phenoxy) is 2. The molecule has 1 unspecified atom stereocenters. The largest absolute Gasteiger partial charge is 0.497 e. The van der Waals surface area contributed by atoms with Crippen molar-refractivity contribution in [3.63, 3.8) is 0 Å². The molecule has 144 valence electrons. The summed E-state index contributed by atoms with van der Waals surface area (Å²) in [4.78, 5) is 14.6. The first-order valence-electron chi connectivity index (χ1n) is 9.63. The van der Waals surface area contributed by atoms with E-state index in [9.17, 15) is 4.79 Å². The van der Waals surface area contributed by atoms with Crippen molar-refractivity contribution in [1.82, 2.24) is 4.90 Å². The molecule has 1 saturated heterocycles. The Morgan fingerprint density at radius 3 is 2.59 bits per heavy atom. The molecule has 0 aliphatic carbocycles. The molecular weight excluding hydrogens is 338 g/mol. The first-order chi connectivity index (χ1) is 13.0. The van der Waals surface area contributed by atoms with Crippen molar-refractivity contribution in [3.05, 3.63) is 59.2 Å². The van der Waals surface area contributed by atoms with Gasteiger partial charge in [-0.05, 0) is 54.2 Å². The van der Waals surface area contributed by atoms with E-state index < -0.39 is 0 Å². The SMILES string of the molecule is COc1ccc(C2CCN(C(=O)COc3cc(C)ccc3C(C)C)C2)cc1. The molecule has 0 saturated carbocycles. The number of benzene rings is 2. The van der Waals surface area contributed by atoms with Crippen molar-refractivity contribution in [2.24, 2.45) is 0 Å². The number of rotatable bonds is 6. The second-order valence-corrected chi connectivity index (χ2v) is 7.58. The molecule has 0 spiro atoms. The Morgan fingerprint density at radius 1 is 1.19 bits per heavy atom. The average Bonchev–Trinajstić information content (AvgIpc) is 3.16. The van der Waals surface area contributed by atoms with Crippen molar-refractivity contribution in [2.75, 3.05) is 26.8 Å². The fourth-order valence-electron chi connectivity index (χ4n) is 3.61. The molecule has 3 rings (SSSR count). The Morgan fingerprint density at radius 2 is 1.93 bits per heavy atom. The fraction of sp³-hybridized carbons (Fsp3) is 0.435. The van der Waals surface area contributed by atoms with E-state index in [1.807, 2.05) is 30.0 Å². The van der Waals surface area contributed by atoms with Gasteiger partial charge >= 0.3 is 0 Å². The van der Waals surface area contributed by atoms with Gasteiger partial charge in [0.15, 0.2) is 6.61 Å². The van der Waals surface area contributed by atoms with Crippen LogP contribution in [0.4, 0.5) is 0 Å². The zero-order valence-electron chi connectivity index (χ0n) is 16.7. The van der Waals surface area contributed by atoms with E-state index in [1.165, 1.54) is 5.56 Å². The first kappa shape index (κ1) is 19.3. The highest BCUT2D eigenvalue weighted by Gasteiger charge is 2.27. The summed E-state index contributed by atoms with van der Waals surface area (Å²) in [6.07, 6.45) is 0.986. The molecule has 27 heavy (non-hydrogen) atoms. The molecular formula is C23H29NO3. The molecule has 4 nitrogen and oxygen atoms in total. The van der Waals surface area contributed by atoms with Gasteiger partial charge in [0.25, 0.3) is 5.91 Å². The van der Waals surface area contributed by atoms with Gasteiger partial charge in [-0.15, -0.1) is 0 Å². The van der Waals surface area contributed by atoms with Crippen LogP contribution in [0.25, 0.3) is 0 Å². The average molecular weight is 367 g/mol. The van der Waals surface area contributed by atoms with E-state index in [-0.39, 0.29) is 12.5 Å². The van der Waals surface area contributed by atoms with Gasteiger partial charge in [-0.2, -0.15) is 0 Å². The molecule has 0 aromatic heterocycles. The van der Waals surface area contributed by atoms with Gasteiger partial charge in [-0.25, -0.2) is 0 Å². The van der Waals surface area contributed by atoms with Crippen molar-refractivity contribution in [2.45, 2.75) is 39.0 Å². The topological polar surface area (TPSA) is 38.8 Å². The van der Waals surface area contributed by atoms with Crippen LogP contribution < -0.4 is 9.47 Å². The number of hydrogen-bond acceptors (Lipinski definition) is 3. The number of hydrogen-bond donors (Lipinski definition) is 0. The second kappa shape index (κ2) is 8.47. The highest BCUT2D eigenvalue weighted by atomic mass is 16.5. The van der Waals surface area contributed by atoms with Crippen LogP contribution in [-0.2, 0) is 4.79 Å². The Balaban J connectivity index is 1.59. The molecule has 1 heterocycles. The summed E-state index contributed by atoms with van der Waals surface area (Å²) in [6, 6.07) is 14.3. The van der Waals surface area contributed by atoms with Gasteiger partial charge in [-0.3, -0.25) is 4.79 Å². The third-order valence-corrected chi connectivity index (χ3v) is 5.27. The summed E-state index contributed by atoms with van der Waals surface area (Å²) in [7, 11) is 1.67. The summed E-state index contributed by atoms with van der Waals surface area (Å²) in [6.45, 7) is 7.94. The van der Waals surface area contributed by atoms with E-state index in [0.717, 1.165) is 42.1 Å². The van der Waals surface area contributed by atoms with E-state index in [4.69, 9.17) is 9.47 Å². The number of amides is 1. The Labute approximate surface area is 162 Å². The van der Waals surface area contributed by atoms with Crippen LogP contribution in [0.1, 0.15) is 48.8 Å². The highest BCUT2D eigenvalue weighted by Crippen LogP contribution is 2.30. The van der Waals surface area contributed by atoms with Crippen molar-refractivity contribution < 1.29 is 14.3 Å². The first-order valence-corrected chi connectivity index (χ1v) is 9.63. The van der Waals surface area contributed by atoms with Gasteiger partial charge in [-0.1, -0.05) is 38.1 Å². The summed E-state index contributed by atoms with van der Waals surface area (Å²) in [5.41, 5.74) is 3.54. The molecule has 0 N–H and O–H groups in total. The second-order valence-electron chi connectivity index (χ2n) is 7.58. The van der Waals surface area contributed by atoms with Crippen LogP contribution in [0.2, 0.25) is 0 Å². The predicted molar refractivity (Wildman–Crippen MR) is 108 cm³/mol. The van der Waals surface area contributed by atoms with Crippen molar-refractivity contribution >= 4 is 5.91 Å². The monoisotopic (exact) mass is 367 g/mol. The number of likely N-dealkylation sites (tertiary alicyclic amines) is 1. The molecule has 1 aliphatic heterocycles. The lowest BCUT2D eigenvalue weighted by molar-refractivity contribution is -0.132. The van der Waals surface area contributed by atoms with E-state index in [1.54, 1.807) is 7.11 Å². The van der Waals surface area contributed by atoms with E-state index in [2.05, 4.69) is 38.1 Å². The lowest BCUT2D eigenvalue weighted by Crippen LogP contribution is -2.33. The number of aryl methyl sites for hydroxylation is 1. The molecule has 1 amide bonds. The lowest BCUT2D eigenvalue weighted by Gasteiger charge is -2.19. The smallest absolute Gasteiger partial charge is 0.260 e. The summed E-state index contributed by atoms with van der Waals surface area (Å²) in [5.74, 6) is 2.48. The lowest BCUT2D eigenvalue weighted by atomic mass is 9.98. The minimum absolute atomic E-state index is 0.0576. The highest BCUT2D eigenvalue weighted by molar-refractivity contribution is 5.78. The molecule has 2 aromatic rings. The summed E-state index contributed by atoms with van der Waals surface area (Å²) in [5, 5.41) is 0. The maximum absolute atomic E-state index is 12.6. The van der Waals surface area contributed by atoms with Gasteiger partial charge in [0, 0.05) is 19.0 Å². The number of carbonyl (C=O) groups excluding carboxylic acids is 1. The number of methoxy groups -OCH3 is 1. The van der Waals surface area contributed by atoms with E-state index >= 15 is 0 Å². The van der Waals surface area contributed by atoms with Crippen LogP contribution in [0.5, 0.6) is 11.5 Å². The third-order valence-electron chi connectivity index (χ3n) is 5.27. The maximum Gasteiger partial charge on any atom is 0.260 e. The molecule has 0 bridgehead atoms. The molecule has 2 aromatic carbocycles. The van der Waals surface area contributed by atoms with Crippen LogP contribution in [0.15, 0.2) is 42.5 Å². The fourth-order valence-corrected chi connectivity index (χ4v) is 3.61. The standard InChI is InChI=1S/C23H29NO3/c1-16(2)21-10-5-17(3)13-22(21)27-15-23(25)24-12-11-19(14-24)18-6-8-20(26-4)9-7-18/h5-10,13,16,19H,11-12,14-15H2,1-4H3. The van der Waals surface area contributed by atoms with Gasteiger partial charge in [0.05, 0.1) is 7.11 Å². The maximum atomic E-state index is 12.6. The Kier molecular flexibility index (Phi) is 6.04. The van der Waals surface area contributed by atoms with Crippen LogP contribution in [0, 0.1) is 6.92 Å². The predicted octanol–water partition coefficient (Wildman–Crippen LogP) is 4.52. The van der Waals surface area contributed by atoms with Gasteiger partial charge in [0.1, 0.15) is 11.5 Å². The minimum Gasteiger partial charge on any atom is -0.497 e. The normalized spacial score (nSPS) is 16.6. The summed E-state index contributed by atoms with van der Waals surface area (Å²) < 4.78 is 11.1. The van der Waals surface area contributed by atoms with E-state index in [0.29, 0.717) is 11.8 Å². The molecule has 4 heteroatoms. The summed E-state index contributed by atoms with van der Waals surface area (Å²) >= 11 is 0. The number of nitrogens with zero attached hydrogens (tertiary/aromatic N) is 1.